The van der Waals surface area contributed by atoms with E-state index >= 15 is 0 Å². The maximum Gasteiger partial charge on any atom is 0.211 e. The first-order valence-electron chi connectivity index (χ1n) is 10.5. The molecule has 0 aliphatic rings. The van der Waals surface area contributed by atoms with E-state index in [1.54, 1.807) is 35.2 Å². The van der Waals surface area contributed by atoms with Gasteiger partial charge >= 0.3 is 0 Å². The summed E-state index contributed by atoms with van der Waals surface area (Å²) >= 11 is 1.37. The Hall–Kier alpha value is -4.37. The van der Waals surface area contributed by atoms with Gasteiger partial charge in [-0.15, -0.1) is 11.3 Å². The zero-order valence-electron chi connectivity index (χ0n) is 18.8. The number of aromatic nitrogens is 1. The average Bonchev–Trinajstić information content (AvgIpc) is 3.48. The lowest BCUT2D eigenvalue weighted by Gasteiger charge is -2.09. The molecule has 0 unspecified atom stereocenters. The van der Waals surface area contributed by atoms with Crippen LogP contribution in [0.1, 0.15) is 5.56 Å². The van der Waals surface area contributed by atoms with Crippen molar-refractivity contribution in [3.63, 3.8) is 0 Å². The second-order valence-electron chi connectivity index (χ2n) is 7.47. The number of benzene rings is 3. The first-order valence-corrected chi connectivity index (χ1v) is 11.4. The van der Waals surface area contributed by atoms with Crippen LogP contribution in [0.2, 0.25) is 0 Å². The average molecular weight is 490 g/mol. The molecular weight excluding hydrogens is 469 g/mol. The quantitative estimate of drug-likeness (QED) is 0.299. The molecule has 5 rings (SSSR count). The number of fused-ring (bicyclic) bond motifs is 1. The summed E-state index contributed by atoms with van der Waals surface area (Å²) in [5.74, 6) is 0.718. The molecule has 0 spiro atoms. The third-order valence-electron chi connectivity index (χ3n) is 5.24. The van der Waals surface area contributed by atoms with Crippen LogP contribution in [0, 0.1) is 5.82 Å². The third kappa shape index (κ3) is 4.53. The van der Waals surface area contributed by atoms with E-state index in [4.69, 9.17) is 13.9 Å². The maximum atomic E-state index is 13.4. The van der Waals surface area contributed by atoms with Crippen LogP contribution in [-0.4, -0.2) is 30.2 Å². The number of hydrogen-bond donors (Lipinski definition) is 1. The van der Waals surface area contributed by atoms with E-state index in [0.29, 0.717) is 27.5 Å². The number of rotatable bonds is 6. The Morgan fingerprint density at radius 3 is 2.40 bits per heavy atom. The van der Waals surface area contributed by atoms with Crippen LogP contribution in [0.4, 0.5) is 10.1 Å². The first-order chi connectivity index (χ1) is 17.1. The molecule has 3 aromatic carbocycles. The highest BCUT2D eigenvalue weighted by atomic mass is 32.1. The molecule has 176 valence electrons. The molecule has 0 bridgehead atoms. The van der Waals surface area contributed by atoms with E-state index in [0.717, 1.165) is 11.0 Å². The summed E-state index contributed by atoms with van der Waals surface area (Å²) in [6.07, 6.45) is 1.60. The van der Waals surface area contributed by atoms with E-state index in [2.05, 4.69) is 10.1 Å². The predicted molar refractivity (Wildman–Crippen MR) is 133 cm³/mol. The van der Waals surface area contributed by atoms with Crippen LogP contribution in [0.15, 0.2) is 86.6 Å². The van der Waals surface area contributed by atoms with E-state index in [1.807, 2.05) is 35.7 Å². The number of phenols is 1. The Kier molecular flexibility index (Phi) is 6.07. The topological polar surface area (TPSA) is 81.5 Å². The lowest BCUT2D eigenvalue weighted by atomic mass is 10.2. The minimum atomic E-state index is -0.334. The van der Waals surface area contributed by atoms with Gasteiger partial charge < -0.3 is 19.0 Å². The fourth-order valence-electron chi connectivity index (χ4n) is 3.51. The van der Waals surface area contributed by atoms with Crippen molar-refractivity contribution < 1.29 is 23.4 Å². The van der Waals surface area contributed by atoms with Gasteiger partial charge in [-0.25, -0.2) is 14.1 Å². The Balaban J connectivity index is 1.65. The van der Waals surface area contributed by atoms with Gasteiger partial charge in [-0.1, -0.05) is 18.2 Å². The molecule has 0 radical (unpaired) electrons. The molecule has 2 aromatic heterocycles. The summed E-state index contributed by atoms with van der Waals surface area (Å²) in [4.78, 5) is 5.20. The Morgan fingerprint density at radius 2 is 1.71 bits per heavy atom. The number of ether oxygens (including phenoxy) is 2. The van der Waals surface area contributed by atoms with Gasteiger partial charge in [-0.2, -0.15) is 5.10 Å². The highest BCUT2D eigenvalue weighted by molar-refractivity contribution is 7.07. The molecule has 0 fully saturated rings. The monoisotopic (exact) mass is 489 g/mol. The van der Waals surface area contributed by atoms with E-state index in [-0.39, 0.29) is 23.1 Å². The zero-order valence-corrected chi connectivity index (χ0v) is 19.6. The number of nitrogens with zero attached hydrogens (tertiary/aromatic N) is 3. The summed E-state index contributed by atoms with van der Waals surface area (Å²) in [6, 6.07) is 18.9. The van der Waals surface area contributed by atoms with Crippen molar-refractivity contribution >= 4 is 34.2 Å². The minimum absolute atomic E-state index is 0.0923. The Bertz CT molecular complexity index is 1540. The lowest BCUT2D eigenvalue weighted by molar-refractivity contribution is 0.340. The highest BCUT2D eigenvalue weighted by Gasteiger charge is 2.14. The minimum Gasteiger partial charge on any atom is -0.502 e. The standard InChI is InChI=1S/C26H20FN3O4S/c1-32-23-11-16(12-24(33-2)25(23)31)14-28-30-20(22-13-17-5-3-4-6-21(17)34-22)15-35-26(30)29-19-9-7-18(27)8-10-19/h3-15,31H,1-2H3. The molecule has 0 aliphatic heterocycles. The fraction of sp³-hybridized carbons (Fsp3) is 0.0769. The Labute approximate surface area is 203 Å². The number of furan rings is 1. The smallest absolute Gasteiger partial charge is 0.211 e. The summed E-state index contributed by atoms with van der Waals surface area (Å²) in [5.41, 5.74) is 2.68. The number of phenolic OH excluding ortho intramolecular Hbond substituents is 1. The highest BCUT2D eigenvalue weighted by Crippen LogP contribution is 2.36. The van der Waals surface area contributed by atoms with Crippen molar-refractivity contribution in [2.24, 2.45) is 10.1 Å². The number of aromatic hydroxyl groups is 1. The van der Waals surface area contributed by atoms with Crippen LogP contribution < -0.4 is 14.3 Å². The zero-order chi connectivity index (χ0) is 24.4. The van der Waals surface area contributed by atoms with Gasteiger partial charge in [0, 0.05) is 16.3 Å². The molecule has 7 nitrogen and oxygen atoms in total. The van der Waals surface area contributed by atoms with Crippen molar-refractivity contribution in [2.75, 3.05) is 14.2 Å². The number of methoxy groups -OCH3 is 2. The summed E-state index contributed by atoms with van der Waals surface area (Å²) in [6.45, 7) is 0. The van der Waals surface area contributed by atoms with E-state index in [1.165, 1.54) is 37.7 Å². The van der Waals surface area contributed by atoms with Crippen LogP contribution in [-0.2, 0) is 0 Å². The molecule has 5 aromatic rings. The molecule has 0 aliphatic carbocycles. The number of para-hydroxylation sites is 1. The van der Waals surface area contributed by atoms with E-state index in [9.17, 15) is 9.50 Å². The SMILES string of the molecule is COc1cc(C=Nn2c(-c3cc4ccccc4o3)csc2=Nc2ccc(F)cc2)cc(OC)c1O. The van der Waals surface area contributed by atoms with Gasteiger partial charge in [0.25, 0.3) is 0 Å². The van der Waals surface area contributed by atoms with Gasteiger partial charge in [-0.05, 0) is 48.5 Å². The van der Waals surface area contributed by atoms with E-state index < -0.39 is 0 Å². The van der Waals surface area contributed by atoms with Crippen LogP contribution >= 0.6 is 11.3 Å². The summed E-state index contributed by atoms with van der Waals surface area (Å²) in [5, 5.41) is 17.7. The van der Waals surface area contributed by atoms with Crippen molar-refractivity contribution in [1.82, 2.24) is 4.68 Å². The van der Waals surface area contributed by atoms with Crippen LogP contribution in [0.25, 0.3) is 22.4 Å². The second-order valence-corrected chi connectivity index (χ2v) is 8.31. The Morgan fingerprint density at radius 1 is 1.00 bits per heavy atom. The first kappa shape index (κ1) is 22.4. The van der Waals surface area contributed by atoms with Gasteiger partial charge in [0.2, 0.25) is 10.6 Å². The van der Waals surface area contributed by atoms with Gasteiger partial charge in [0.1, 0.15) is 17.1 Å². The normalized spacial score (nSPS) is 12.0. The van der Waals surface area contributed by atoms with Crippen molar-refractivity contribution in [3.8, 4) is 28.7 Å². The molecule has 0 atom stereocenters. The second kappa shape index (κ2) is 9.47. The lowest BCUT2D eigenvalue weighted by Crippen LogP contribution is -2.11. The largest absolute Gasteiger partial charge is 0.502 e. The molecule has 9 heteroatoms. The van der Waals surface area contributed by atoms with Crippen molar-refractivity contribution in [1.29, 1.82) is 0 Å². The van der Waals surface area contributed by atoms with Gasteiger partial charge in [-0.3, -0.25) is 0 Å². The summed E-state index contributed by atoms with van der Waals surface area (Å²) in [7, 11) is 2.92. The third-order valence-corrected chi connectivity index (χ3v) is 6.06. The van der Waals surface area contributed by atoms with Crippen LogP contribution in [0.5, 0.6) is 17.2 Å². The number of hydrogen-bond acceptors (Lipinski definition) is 7. The van der Waals surface area contributed by atoms with Crippen LogP contribution in [0.3, 0.4) is 0 Å². The number of halogens is 1. The molecule has 0 saturated heterocycles. The summed E-state index contributed by atoms with van der Waals surface area (Å²) < 4.78 is 31.6. The molecule has 0 amide bonds. The maximum absolute atomic E-state index is 13.4. The molecule has 2 heterocycles. The van der Waals surface area contributed by atoms with Gasteiger partial charge in [0.05, 0.1) is 26.1 Å². The van der Waals surface area contributed by atoms with Gasteiger partial charge in [0.15, 0.2) is 17.3 Å². The predicted octanol–water partition coefficient (Wildman–Crippen LogP) is 5.94. The molecule has 1 N–H and O–H groups in total. The number of thiazole rings is 1. The molecule has 0 saturated carbocycles. The van der Waals surface area contributed by atoms with Crippen molar-refractivity contribution in [3.05, 3.63) is 88.3 Å². The van der Waals surface area contributed by atoms with Crippen molar-refractivity contribution in [2.45, 2.75) is 0 Å². The fourth-order valence-corrected chi connectivity index (χ4v) is 4.34. The molecular formula is C26H20FN3O4S. The molecule has 35 heavy (non-hydrogen) atoms.